The van der Waals surface area contributed by atoms with Crippen LogP contribution >= 0.6 is 0 Å². The average Bonchev–Trinajstić information content (AvgIpc) is 1.54. The van der Waals surface area contributed by atoms with E-state index >= 15 is 0 Å². The van der Waals surface area contributed by atoms with Crippen LogP contribution in [0.5, 0.6) is 0 Å². The molecule has 0 saturated heterocycles. The zero-order chi connectivity index (χ0) is 65.7. The van der Waals surface area contributed by atoms with Gasteiger partial charge in [-0.3, -0.25) is 4.57 Å². The highest BCUT2D eigenvalue weighted by molar-refractivity contribution is 6.19. The molecule has 0 aliphatic carbocycles. The van der Waals surface area contributed by atoms with Gasteiger partial charge in [-0.15, -0.1) is 0 Å². The molecule has 11 aromatic rings. The van der Waals surface area contributed by atoms with Crippen LogP contribution in [0.3, 0.4) is 0 Å². The monoisotopic (exact) mass is 748 g/mol. The smallest absolute Gasteiger partial charge is 0.238 e. The van der Waals surface area contributed by atoms with Crippen molar-refractivity contribution in [2.45, 2.75) is 0 Å². The second kappa shape index (κ2) is 13.0. The summed E-state index contributed by atoms with van der Waals surface area (Å²) in [6.45, 7) is 0. The molecule has 0 amide bonds. The summed E-state index contributed by atoms with van der Waals surface area (Å²) in [6, 6.07) is -32.4. The number of nitrogens with zero attached hydrogens (tertiary/aromatic N) is 5. The van der Waals surface area contributed by atoms with Crippen LogP contribution in [0.25, 0.3) is 100 Å². The molecule has 0 fully saturated rings. The van der Waals surface area contributed by atoms with E-state index in [2.05, 4.69) is 15.0 Å². The third kappa shape index (κ3) is 5.29. The van der Waals surface area contributed by atoms with Gasteiger partial charge in [0.25, 0.3) is 0 Å². The number of benzene rings is 8. The maximum Gasteiger partial charge on any atom is 0.238 e. The second-order valence-electron chi connectivity index (χ2n) is 11.6. The van der Waals surface area contributed by atoms with Gasteiger partial charge in [0.15, 0.2) is 11.6 Å². The number of aromatic nitrogens is 5. The van der Waals surface area contributed by atoms with Crippen molar-refractivity contribution in [2.24, 2.45) is 0 Å². The molecule has 262 valence electrons. The standard InChI is InChI=1S/C51H33N5/c1-4-15-34(16-5-1)38-19-14-20-39(31-38)35-27-29-37(30-28-35)50-52-49(36-17-6-2-7-18-36)53-51(54-50)56-46-26-13-11-24-42(46)44-32-43-41-23-10-12-25-45(41)55(47(43)33-48(44)56)40-21-8-3-9-22-40/h1-33H/i1D,2D,3D,4D,5D,6D,7D,8D,9D,10D,11D,12D,13D,14D,15D,16D,17D,18D,19D,20D,21D,22D,23D,24D,25D,26D,27D,28D,29D,30D,31D,32D,33D. The Kier molecular flexibility index (Phi) is 3.03. The van der Waals surface area contributed by atoms with Crippen molar-refractivity contribution in [1.29, 1.82) is 0 Å². The molecule has 0 bridgehead atoms. The van der Waals surface area contributed by atoms with Gasteiger partial charge in [0, 0.05) is 38.4 Å². The van der Waals surface area contributed by atoms with Crippen LogP contribution in [-0.2, 0) is 0 Å². The summed E-state index contributed by atoms with van der Waals surface area (Å²) >= 11 is 0. The van der Waals surface area contributed by atoms with Gasteiger partial charge in [0.2, 0.25) is 5.95 Å². The normalized spacial score (nSPS) is 19.8. The van der Waals surface area contributed by atoms with E-state index in [0.29, 0.717) is 4.57 Å². The minimum Gasteiger partial charge on any atom is -0.309 e. The van der Waals surface area contributed by atoms with E-state index in [4.69, 9.17) is 32.9 Å². The topological polar surface area (TPSA) is 48.5 Å². The lowest BCUT2D eigenvalue weighted by molar-refractivity contribution is 0.953. The largest absolute Gasteiger partial charge is 0.309 e. The molecule has 8 aromatic carbocycles. The van der Waals surface area contributed by atoms with E-state index in [-0.39, 0.29) is 0 Å². The molecular weight excluding hydrogens is 683 g/mol. The van der Waals surface area contributed by atoms with Crippen LogP contribution < -0.4 is 0 Å². The Labute approximate surface area is 369 Å². The Bertz CT molecular complexity index is 5070. The molecule has 0 spiro atoms. The van der Waals surface area contributed by atoms with E-state index < -0.39 is 300 Å². The van der Waals surface area contributed by atoms with Crippen LogP contribution in [-0.4, -0.2) is 24.1 Å². The Morgan fingerprint density at radius 1 is 0.304 bits per heavy atom. The van der Waals surface area contributed by atoms with Crippen molar-refractivity contribution in [2.75, 3.05) is 0 Å². The molecular formula is C51H33N5. The third-order valence-corrected chi connectivity index (χ3v) is 8.42. The molecule has 0 unspecified atom stereocenters. The first-order valence-corrected chi connectivity index (χ1v) is 16.2. The minimum absolute atomic E-state index is 0.562. The molecule has 3 heterocycles. The van der Waals surface area contributed by atoms with Crippen molar-refractivity contribution in [1.82, 2.24) is 24.1 Å². The van der Waals surface area contributed by atoms with Gasteiger partial charge in [0.05, 0.1) is 67.3 Å². The highest BCUT2D eigenvalue weighted by Gasteiger charge is 2.21. The number of fused-ring (bicyclic) bond motifs is 6. The lowest BCUT2D eigenvalue weighted by Gasteiger charge is -2.12. The third-order valence-electron chi connectivity index (χ3n) is 8.42. The van der Waals surface area contributed by atoms with Gasteiger partial charge in [-0.2, -0.15) is 9.97 Å². The first-order chi connectivity index (χ1) is 41.5. The van der Waals surface area contributed by atoms with E-state index in [0.717, 1.165) is 4.57 Å². The first-order valence-electron chi connectivity index (χ1n) is 32.7. The van der Waals surface area contributed by atoms with Crippen molar-refractivity contribution in [3.63, 3.8) is 0 Å². The molecule has 0 aliphatic heterocycles. The number of hydrogen-bond donors (Lipinski definition) is 0. The second-order valence-corrected chi connectivity index (χ2v) is 11.6. The highest BCUT2D eigenvalue weighted by Crippen LogP contribution is 2.39. The van der Waals surface area contributed by atoms with E-state index in [1.165, 1.54) is 0 Å². The summed E-state index contributed by atoms with van der Waals surface area (Å²) in [5, 5.41) is -2.38. The molecule has 0 atom stereocenters. The summed E-state index contributed by atoms with van der Waals surface area (Å²) in [5.41, 5.74) is -8.88. The highest BCUT2D eigenvalue weighted by atomic mass is 15.2. The molecule has 11 rings (SSSR count). The van der Waals surface area contributed by atoms with Gasteiger partial charge in [-0.05, 0) is 64.6 Å². The summed E-state index contributed by atoms with van der Waals surface area (Å²) in [4.78, 5) is 13.3. The molecule has 5 heteroatoms. The lowest BCUT2D eigenvalue weighted by Crippen LogP contribution is -2.06. The SMILES string of the molecule is [2H]c1c([2H])c([2H])c(-c2nc(-c3c([2H])c([2H])c(-c4c([2H])c([2H])c([2H])c(-c5c([2H])c([2H])c([2H])c([2H])c5[2H])c4[2H])c([2H])c3[2H])nc(-n3c4c([2H])c([2H])c([2H])c([2H])c4c4c([2H])c5c6c([2H])c([2H])c([2H])c([2H])c6n(-c6c([2H])c([2H])c([2H])c([2H])c6[2H])c5c([2H])c43)n2)c([2H])c1[2H]. The molecule has 0 saturated carbocycles. The number of rotatable bonds is 6. The Balaban J connectivity index is 1.35. The van der Waals surface area contributed by atoms with E-state index in [1.54, 1.807) is 0 Å². The zero-order valence-electron chi connectivity index (χ0n) is 60.7. The Hall–Kier alpha value is -7.63. The van der Waals surface area contributed by atoms with Gasteiger partial charge >= 0.3 is 0 Å². The van der Waals surface area contributed by atoms with Gasteiger partial charge in [0.1, 0.15) is 0 Å². The maximum absolute atomic E-state index is 10.2. The summed E-state index contributed by atoms with van der Waals surface area (Å²) in [6.07, 6.45) is 0. The number of hydrogen-bond acceptors (Lipinski definition) is 3. The van der Waals surface area contributed by atoms with Crippen LogP contribution in [0.15, 0.2) is 199 Å². The van der Waals surface area contributed by atoms with Gasteiger partial charge in [-0.25, -0.2) is 4.98 Å². The molecule has 3 aromatic heterocycles. The predicted molar refractivity (Wildman–Crippen MR) is 230 cm³/mol. The summed E-state index contributed by atoms with van der Waals surface area (Å²) < 4.78 is 296. The van der Waals surface area contributed by atoms with Crippen LogP contribution in [0, 0.1) is 0 Å². The maximum atomic E-state index is 10.2. The van der Waals surface area contributed by atoms with Crippen LogP contribution in [0.4, 0.5) is 0 Å². The predicted octanol–water partition coefficient (Wildman–Crippen LogP) is 12.7. The molecule has 56 heavy (non-hydrogen) atoms. The summed E-state index contributed by atoms with van der Waals surface area (Å²) in [7, 11) is 0. The van der Waals surface area contributed by atoms with Crippen LogP contribution in [0.2, 0.25) is 0 Å². The lowest BCUT2D eigenvalue weighted by atomic mass is 9.98. The minimum atomic E-state index is -1.17. The molecule has 5 nitrogen and oxygen atoms in total. The fourth-order valence-electron chi connectivity index (χ4n) is 6.06. The van der Waals surface area contributed by atoms with Gasteiger partial charge < -0.3 is 4.57 Å². The number of para-hydroxylation sites is 3. The average molecular weight is 749 g/mol. The molecule has 0 aliphatic rings. The van der Waals surface area contributed by atoms with Crippen molar-refractivity contribution >= 4 is 43.6 Å². The fourth-order valence-corrected chi connectivity index (χ4v) is 6.06. The Morgan fingerprint density at radius 3 is 1.38 bits per heavy atom. The van der Waals surface area contributed by atoms with Crippen molar-refractivity contribution in [3.05, 3.63) is 199 Å². The van der Waals surface area contributed by atoms with E-state index in [9.17, 15) is 12.3 Å². The van der Waals surface area contributed by atoms with Crippen molar-refractivity contribution < 1.29 is 45.2 Å². The molecule has 0 radical (unpaired) electrons. The fraction of sp³-hybridized carbons (Fsp3) is 0. The first kappa shape index (κ1) is 13.0. The zero-order valence-corrected chi connectivity index (χ0v) is 27.7. The summed E-state index contributed by atoms with van der Waals surface area (Å²) in [5.74, 6) is -3.00. The van der Waals surface area contributed by atoms with Gasteiger partial charge in [-0.1, -0.05) is 157 Å². The quantitative estimate of drug-likeness (QED) is 0.170. The van der Waals surface area contributed by atoms with Crippen LogP contribution in [0.1, 0.15) is 45.2 Å². The van der Waals surface area contributed by atoms with E-state index in [1.807, 2.05) is 0 Å². The molecule has 0 N–H and O–H groups in total. The Morgan fingerprint density at radius 2 is 0.750 bits per heavy atom. The van der Waals surface area contributed by atoms with Crippen molar-refractivity contribution in [3.8, 4) is 56.7 Å².